The van der Waals surface area contributed by atoms with Crippen molar-refractivity contribution in [3.05, 3.63) is 23.4 Å². The Balaban J connectivity index is 3.27. The van der Waals surface area contributed by atoms with Crippen LogP contribution in [-0.2, 0) is 4.74 Å². The minimum atomic E-state index is -0.0783. The first-order chi connectivity index (χ1) is 10.4. The molecule has 1 aliphatic rings. The van der Waals surface area contributed by atoms with Crippen molar-refractivity contribution in [2.24, 2.45) is 9.98 Å². The molecule has 0 saturated heterocycles. The van der Waals surface area contributed by atoms with Crippen LogP contribution in [0.25, 0.3) is 0 Å². The Morgan fingerprint density at radius 3 is 2.68 bits per heavy atom. The monoisotopic (exact) mass is 322 g/mol. The van der Waals surface area contributed by atoms with Gasteiger partial charge in [0.1, 0.15) is 5.71 Å². The van der Waals surface area contributed by atoms with Crippen molar-refractivity contribution in [3.63, 3.8) is 0 Å². The van der Waals surface area contributed by atoms with Crippen LogP contribution in [0, 0.1) is 5.41 Å². The Kier molecular flexibility index (Phi) is 7.55. The van der Waals surface area contributed by atoms with E-state index in [-0.39, 0.29) is 17.3 Å². The number of rotatable bonds is 4. The first kappa shape index (κ1) is 18.6. The summed E-state index contributed by atoms with van der Waals surface area (Å²) in [7, 11) is 0. The molecule has 2 N–H and O–H groups in total. The number of ether oxygens (including phenoxy) is 1. The lowest BCUT2D eigenvalue weighted by molar-refractivity contribution is 0.100. The van der Waals surface area contributed by atoms with Gasteiger partial charge in [-0.15, -0.1) is 0 Å². The lowest BCUT2D eigenvalue weighted by atomic mass is 10.0. The average Bonchev–Trinajstić information content (AvgIpc) is 2.48. The van der Waals surface area contributed by atoms with Gasteiger partial charge in [-0.1, -0.05) is 17.8 Å². The molecule has 1 aliphatic heterocycles. The van der Waals surface area contributed by atoms with E-state index in [2.05, 4.69) is 29.1 Å². The predicted octanol–water partition coefficient (Wildman–Crippen LogP) is 3.39. The van der Waals surface area contributed by atoms with Crippen LogP contribution in [0.3, 0.4) is 0 Å². The highest BCUT2D eigenvalue weighted by Crippen LogP contribution is 2.20. The summed E-state index contributed by atoms with van der Waals surface area (Å²) in [5, 5.41) is 11.4. The number of nitrogens with zero attached hydrogens (tertiary/aromatic N) is 2. The predicted molar refractivity (Wildman–Crippen MR) is 97.3 cm³/mol. The first-order valence-corrected chi connectivity index (χ1v) is 8.72. The molecule has 6 heteroatoms. The van der Waals surface area contributed by atoms with E-state index in [9.17, 15) is 0 Å². The zero-order valence-electron chi connectivity index (χ0n) is 14.2. The molecule has 0 spiro atoms. The lowest BCUT2D eigenvalue weighted by Gasteiger charge is -2.23. The van der Waals surface area contributed by atoms with E-state index in [0.717, 1.165) is 11.3 Å². The summed E-state index contributed by atoms with van der Waals surface area (Å²) in [6.45, 7) is 10.7. The van der Waals surface area contributed by atoms with Gasteiger partial charge in [0.25, 0.3) is 0 Å². The number of allylic oxidation sites excluding steroid dienone is 2. The number of hydrogen-bond acceptors (Lipinski definition) is 5. The van der Waals surface area contributed by atoms with E-state index in [1.165, 1.54) is 11.8 Å². The Bertz CT molecular complexity index is 532. The third-order valence-electron chi connectivity index (χ3n) is 3.02. The highest BCUT2D eigenvalue weighted by atomic mass is 32.2. The fraction of sp³-hybridized carbons (Fsp3) is 0.562. The highest BCUT2D eigenvalue weighted by Gasteiger charge is 2.22. The molecule has 0 unspecified atom stereocenters. The molecule has 0 fully saturated rings. The molecule has 5 nitrogen and oxygen atoms in total. The van der Waals surface area contributed by atoms with Gasteiger partial charge in [0, 0.05) is 18.2 Å². The number of aliphatic imine (C=N–C) groups is 2. The van der Waals surface area contributed by atoms with Gasteiger partial charge in [-0.3, -0.25) is 5.41 Å². The molecule has 0 aromatic rings. The van der Waals surface area contributed by atoms with E-state index < -0.39 is 0 Å². The summed E-state index contributed by atoms with van der Waals surface area (Å²) in [6.07, 6.45) is 5.74. The molecule has 0 aromatic carbocycles. The molecule has 0 amide bonds. The molecule has 0 aromatic heterocycles. The van der Waals surface area contributed by atoms with Crippen LogP contribution in [0.5, 0.6) is 0 Å². The minimum absolute atomic E-state index is 0.0783. The Hall–Kier alpha value is -1.40. The third kappa shape index (κ3) is 5.10. The molecule has 0 bridgehead atoms. The highest BCUT2D eigenvalue weighted by molar-refractivity contribution is 8.13. The van der Waals surface area contributed by atoms with E-state index >= 15 is 0 Å². The fourth-order valence-electron chi connectivity index (χ4n) is 1.98. The molecule has 0 radical (unpaired) electrons. The number of nitrogens with one attached hydrogen (secondary N) is 2. The van der Waals surface area contributed by atoms with E-state index in [0.29, 0.717) is 18.2 Å². The maximum Gasteiger partial charge on any atom is 0.180 e. The van der Waals surface area contributed by atoms with Crippen molar-refractivity contribution in [1.82, 2.24) is 5.32 Å². The van der Waals surface area contributed by atoms with Crippen molar-refractivity contribution in [3.8, 4) is 0 Å². The maximum atomic E-state index is 7.83. The third-order valence-corrected chi connectivity index (χ3v) is 3.50. The lowest BCUT2D eigenvalue weighted by Crippen LogP contribution is -2.39. The SMILES string of the molecule is C/C=C1/C=C([C@@H](C)OCC)N=C(NC(C)C)/C1=N/C(=N)SC. The summed E-state index contributed by atoms with van der Waals surface area (Å²) in [5.41, 5.74) is 2.54. The molecular formula is C16H26N4OS. The zero-order valence-corrected chi connectivity index (χ0v) is 15.0. The van der Waals surface area contributed by atoms with Crippen LogP contribution in [0.4, 0.5) is 0 Å². The molecule has 0 aliphatic carbocycles. The Morgan fingerprint density at radius 1 is 1.50 bits per heavy atom. The molecule has 122 valence electrons. The zero-order chi connectivity index (χ0) is 16.7. The van der Waals surface area contributed by atoms with Crippen molar-refractivity contribution < 1.29 is 4.74 Å². The first-order valence-electron chi connectivity index (χ1n) is 7.49. The van der Waals surface area contributed by atoms with Gasteiger partial charge in [-0.05, 0) is 47.0 Å². The normalized spacial score (nSPS) is 20.1. The minimum Gasteiger partial charge on any atom is -0.372 e. The van der Waals surface area contributed by atoms with E-state index in [4.69, 9.17) is 10.1 Å². The quantitative estimate of drug-likeness (QED) is 0.615. The smallest absolute Gasteiger partial charge is 0.180 e. The number of hydrogen-bond donors (Lipinski definition) is 2. The van der Waals surface area contributed by atoms with Crippen LogP contribution < -0.4 is 5.32 Å². The van der Waals surface area contributed by atoms with Crippen LogP contribution in [-0.4, -0.2) is 41.7 Å². The number of thioether (sulfide) groups is 1. The van der Waals surface area contributed by atoms with Gasteiger partial charge >= 0.3 is 0 Å². The second-order valence-corrected chi connectivity index (χ2v) is 5.93. The fourth-order valence-corrected chi connectivity index (χ4v) is 2.16. The summed E-state index contributed by atoms with van der Waals surface area (Å²) in [4.78, 5) is 9.07. The van der Waals surface area contributed by atoms with Crippen molar-refractivity contribution in [2.75, 3.05) is 12.9 Å². The van der Waals surface area contributed by atoms with Crippen LogP contribution in [0.2, 0.25) is 0 Å². The molecular weight excluding hydrogens is 296 g/mol. The maximum absolute atomic E-state index is 7.83. The van der Waals surface area contributed by atoms with Crippen molar-refractivity contribution in [2.45, 2.75) is 46.8 Å². The van der Waals surface area contributed by atoms with Gasteiger partial charge in [0.05, 0.1) is 11.8 Å². The molecule has 1 rings (SSSR count). The topological polar surface area (TPSA) is 69.8 Å². The second-order valence-electron chi connectivity index (χ2n) is 5.14. The van der Waals surface area contributed by atoms with Gasteiger partial charge in [0.2, 0.25) is 0 Å². The molecule has 22 heavy (non-hydrogen) atoms. The van der Waals surface area contributed by atoms with Gasteiger partial charge in [-0.25, -0.2) is 9.98 Å². The Labute approximate surface area is 137 Å². The average molecular weight is 322 g/mol. The van der Waals surface area contributed by atoms with Gasteiger partial charge in [-0.2, -0.15) is 0 Å². The van der Waals surface area contributed by atoms with Crippen LogP contribution >= 0.6 is 11.8 Å². The molecule has 0 saturated carbocycles. The number of amidine groups is 2. The standard InChI is InChI=1S/C16H26N4OS/c1-7-12-9-13(11(5)21-8-2)19-15(18-10(3)4)14(12)20-16(17)22-6/h7,9-11,17H,8H2,1-6H3,(H,18,19)/b12-7-,17-16?,20-14+/t11-/m1/s1. The molecule has 1 heterocycles. The molecule has 1 atom stereocenters. The van der Waals surface area contributed by atoms with E-state index in [1.54, 1.807) is 0 Å². The van der Waals surface area contributed by atoms with Crippen molar-refractivity contribution >= 4 is 28.5 Å². The van der Waals surface area contributed by atoms with Crippen molar-refractivity contribution in [1.29, 1.82) is 5.41 Å². The summed E-state index contributed by atoms with van der Waals surface area (Å²) < 4.78 is 5.65. The van der Waals surface area contributed by atoms with Gasteiger partial charge in [0.15, 0.2) is 11.0 Å². The summed E-state index contributed by atoms with van der Waals surface area (Å²) in [6, 6.07) is 0.229. The Morgan fingerprint density at radius 2 is 2.18 bits per heavy atom. The van der Waals surface area contributed by atoms with Crippen LogP contribution in [0.15, 0.2) is 33.4 Å². The second kappa shape index (κ2) is 8.90. The van der Waals surface area contributed by atoms with Crippen LogP contribution in [0.1, 0.15) is 34.6 Å². The van der Waals surface area contributed by atoms with Gasteiger partial charge < -0.3 is 10.1 Å². The summed E-state index contributed by atoms with van der Waals surface area (Å²) >= 11 is 1.31. The summed E-state index contributed by atoms with van der Waals surface area (Å²) in [5.74, 6) is 0.700. The van der Waals surface area contributed by atoms with E-state index in [1.807, 2.05) is 39.2 Å². The largest absolute Gasteiger partial charge is 0.372 e.